The molecule has 0 fully saturated rings. The molecule has 0 spiro atoms. The van der Waals surface area contributed by atoms with Crippen molar-refractivity contribution in [2.75, 3.05) is 0 Å². The Morgan fingerprint density at radius 3 is 3.20 bits per heavy atom. The largest absolute Gasteiger partial charge is 0.472 e. The van der Waals surface area contributed by atoms with Crippen LogP contribution in [0.5, 0.6) is 5.88 Å². The van der Waals surface area contributed by atoms with Gasteiger partial charge in [0.1, 0.15) is 12.4 Å². The van der Waals surface area contributed by atoms with Crippen molar-refractivity contribution >= 4 is 22.9 Å². The van der Waals surface area contributed by atoms with E-state index in [-0.39, 0.29) is 5.02 Å². The Kier molecular flexibility index (Phi) is 1.94. The third-order valence-corrected chi connectivity index (χ3v) is 3.42. The van der Waals surface area contributed by atoms with Gasteiger partial charge < -0.3 is 4.74 Å². The highest BCUT2D eigenvalue weighted by atomic mass is 35.5. The van der Waals surface area contributed by atoms with Crippen molar-refractivity contribution < 1.29 is 9.13 Å². The molecule has 0 radical (unpaired) electrons. The van der Waals surface area contributed by atoms with E-state index < -0.39 is 5.82 Å². The third-order valence-electron chi connectivity index (χ3n) is 2.29. The second kappa shape index (κ2) is 3.18. The summed E-state index contributed by atoms with van der Waals surface area (Å²) >= 11 is 7.14. The van der Waals surface area contributed by atoms with E-state index in [1.807, 2.05) is 0 Å². The number of halogens is 2. The Hall–Kier alpha value is -1.13. The van der Waals surface area contributed by atoms with Crippen LogP contribution in [0.25, 0.3) is 10.4 Å². The Labute approximate surface area is 94.3 Å². The first-order valence-corrected chi connectivity index (χ1v) is 5.56. The summed E-state index contributed by atoms with van der Waals surface area (Å²) in [6.45, 7) is 0.395. The maximum Gasteiger partial charge on any atom is 0.232 e. The van der Waals surface area contributed by atoms with E-state index in [0.717, 1.165) is 16.0 Å². The van der Waals surface area contributed by atoms with Crippen LogP contribution in [-0.2, 0) is 6.61 Å². The lowest BCUT2D eigenvalue weighted by atomic mass is 10.1. The number of ether oxygens (including phenoxy) is 1. The standard InChI is InChI=1S/C10H5ClFNOS/c11-7-1-5-3-14-10-9(15-4-13-10)6(5)2-8(7)12/h1-2,4H,3H2. The number of hydrogen-bond acceptors (Lipinski definition) is 3. The number of thiazole rings is 1. The van der Waals surface area contributed by atoms with E-state index in [0.29, 0.717) is 12.5 Å². The topological polar surface area (TPSA) is 22.1 Å². The van der Waals surface area contributed by atoms with Gasteiger partial charge in [0.2, 0.25) is 5.88 Å². The maximum absolute atomic E-state index is 13.3. The molecule has 2 heterocycles. The number of rotatable bonds is 0. The van der Waals surface area contributed by atoms with Crippen molar-refractivity contribution in [3.63, 3.8) is 0 Å². The Morgan fingerprint density at radius 2 is 2.33 bits per heavy atom. The number of hydrogen-bond donors (Lipinski definition) is 0. The van der Waals surface area contributed by atoms with Gasteiger partial charge in [-0.05, 0) is 17.7 Å². The molecule has 0 aliphatic carbocycles. The molecule has 1 aromatic carbocycles. The van der Waals surface area contributed by atoms with Crippen LogP contribution in [0, 0.1) is 5.82 Å². The zero-order valence-corrected chi connectivity index (χ0v) is 9.03. The number of fused-ring (bicyclic) bond motifs is 3. The van der Waals surface area contributed by atoms with Crippen molar-refractivity contribution in [1.82, 2.24) is 4.98 Å². The van der Waals surface area contributed by atoms with Gasteiger partial charge in [-0.15, -0.1) is 11.3 Å². The first-order valence-electron chi connectivity index (χ1n) is 4.30. The zero-order valence-electron chi connectivity index (χ0n) is 7.46. The molecule has 0 saturated carbocycles. The van der Waals surface area contributed by atoms with Gasteiger partial charge in [0.05, 0.1) is 15.4 Å². The van der Waals surface area contributed by atoms with Crippen LogP contribution in [-0.4, -0.2) is 4.98 Å². The highest BCUT2D eigenvalue weighted by molar-refractivity contribution is 7.13. The monoisotopic (exact) mass is 241 g/mol. The average Bonchev–Trinajstić information content (AvgIpc) is 2.68. The summed E-state index contributed by atoms with van der Waals surface area (Å²) in [6, 6.07) is 3.05. The molecule has 3 rings (SSSR count). The van der Waals surface area contributed by atoms with Crippen molar-refractivity contribution in [2.45, 2.75) is 6.61 Å². The summed E-state index contributed by atoms with van der Waals surface area (Å²) in [7, 11) is 0. The molecule has 76 valence electrons. The van der Waals surface area contributed by atoms with E-state index in [1.54, 1.807) is 11.6 Å². The Bertz CT molecular complexity index is 540. The predicted octanol–water partition coefficient (Wildman–Crippen LogP) is 3.50. The molecule has 0 atom stereocenters. The first-order chi connectivity index (χ1) is 7.25. The minimum absolute atomic E-state index is 0.130. The van der Waals surface area contributed by atoms with Crippen LogP contribution in [0.15, 0.2) is 17.6 Å². The zero-order chi connectivity index (χ0) is 10.4. The predicted molar refractivity (Wildman–Crippen MR) is 56.9 cm³/mol. The van der Waals surface area contributed by atoms with Gasteiger partial charge in [-0.3, -0.25) is 0 Å². The van der Waals surface area contributed by atoms with E-state index in [1.165, 1.54) is 17.4 Å². The minimum Gasteiger partial charge on any atom is -0.472 e. The molecule has 1 aromatic heterocycles. The van der Waals surface area contributed by atoms with Gasteiger partial charge in [-0.25, -0.2) is 9.37 Å². The second-order valence-electron chi connectivity index (χ2n) is 3.20. The van der Waals surface area contributed by atoms with Crippen molar-refractivity contribution in [1.29, 1.82) is 0 Å². The van der Waals surface area contributed by atoms with Crippen LogP contribution in [0.2, 0.25) is 5.02 Å². The summed E-state index contributed by atoms with van der Waals surface area (Å²) in [4.78, 5) is 4.92. The smallest absolute Gasteiger partial charge is 0.232 e. The average molecular weight is 242 g/mol. The molecule has 5 heteroatoms. The molecule has 0 saturated heterocycles. The van der Waals surface area contributed by atoms with Crippen LogP contribution in [0.1, 0.15) is 5.56 Å². The SMILES string of the molecule is Fc1cc2c(cc1Cl)COc1ncsc1-2. The van der Waals surface area contributed by atoms with E-state index in [9.17, 15) is 4.39 Å². The van der Waals surface area contributed by atoms with Crippen molar-refractivity contribution in [3.05, 3.63) is 34.0 Å². The molecule has 0 N–H and O–H groups in total. The van der Waals surface area contributed by atoms with Gasteiger partial charge in [-0.2, -0.15) is 0 Å². The normalized spacial score (nSPS) is 12.9. The fourth-order valence-corrected chi connectivity index (χ4v) is 2.55. The molecule has 0 unspecified atom stereocenters. The quantitative estimate of drug-likeness (QED) is 0.704. The molecule has 0 amide bonds. The molecule has 0 bridgehead atoms. The van der Waals surface area contributed by atoms with Gasteiger partial charge >= 0.3 is 0 Å². The minimum atomic E-state index is -0.406. The lowest BCUT2D eigenvalue weighted by Gasteiger charge is -2.16. The lowest BCUT2D eigenvalue weighted by Crippen LogP contribution is -2.04. The second-order valence-corrected chi connectivity index (χ2v) is 4.46. The molecule has 2 nitrogen and oxygen atoms in total. The van der Waals surface area contributed by atoms with E-state index in [4.69, 9.17) is 16.3 Å². The summed E-state index contributed by atoms with van der Waals surface area (Å²) < 4.78 is 18.7. The lowest BCUT2D eigenvalue weighted by molar-refractivity contribution is 0.292. The van der Waals surface area contributed by atoms with Crippen LogP contribution in [0.3, 0.4) is 0 Å². The fraction of sp³-hybridized carbons (Fsp3) is 0.100. The van der Waals surface area contributed by atoms with Crippen LogP contribution >= 0.6 is 22.9 Å². The number of nitrogens with zero attached hydrogens (tertiary/aromatic N) is 1. The van der Waals surface area contributed by atoms with Gasteiger partial charge in [0.15, 0.2) is 0 Å². The molecule has 1 aliphatic rings. The summed E-state index contributed by atoms with van der Waals surface area (Å²) in [5.74, 6) is 0.172. The Balaban J connectivity index is 2.28. The van der Waals surface area contributed by atoms with Crippen LogP contribution < -0.4 is 4.74 Å². The molecular weight excluding hydrogens is 237 g/mol. The number of benzene rings is 1. The van der Waals surface area contributed by atoms with E-state index in [2.05, 4.69) is 4.98 Å². The summed E-state index contributed by atoms with van der Waals surface area (Å²) in [6.07, 6.45) is 0. The molecule has 15 heavy (non-hydrogen) atoms. The summed E-state index contributed by atoms with van der Waals surface area (Å²) in [5.41, 5.74) is 3.42. The molecular formula is C10H5ClFNOS. The van der Waals surface area contributed by atoms with Gasteiger partial charge in [0.25, 0.3) is 0 Å². The molecule has 2 aromatic rings. The van der Waals surface area contributed by atoms with Gasteiger partial charge in [0, 0.05) is 5.56 Å². The van der Waals surface area contributed by atoms with Crippen molar-refractivity contribution in [3.8, 4) is 16.3 Å². The molecule has 1 aliphatic heterocycles. The fourth-order valence-electron chi connectivity index (χ4n) is 1.58. The van der Waals surface area contributed by atoms with Gasteiger partial charge in [-0.1, -0.05) is 11.6 Å². The maximum atomic E-state index is 13.3. The van der Waals surface area contributed by atoms with E-state index >= 15 is 0 Å². The highest BCUT2D eigenvalue weighted by Crippen LogP contribution is 2.41. The van der Waals surface area contributed by atoms with Crippen molar-refractivity contribution in [2.24, 2.45) is 0 Å². The highest BCUT2D eigenvalue weighted by Gasteiger charge is 2.21. The Morgan fingerprint density at radius 1 is 1.47 bits per heavy atom. The first kappa shape index (κ1) is 9.12. The third kappa shape index (κ3) is 1.33. The summed E-state index contributed by atoms with van der Waals surface area (Å²) in [5, 5.41) is 0.130. The van der Waals surface area contributed by atoms with Crippen LogP contribution in [0.4, 0.5) is 4.39 Å². The number of aromatic nitrogens is 1.